The highest BCUT2D eigenvalue weighted by molar-refractivity contribution is 9.10. The Labute approximate surface area is 248 Å². The second-order valence-corrected chi connectivity index (χ2v) is 15.3. The highest BCUT2D eigenvalue weighted by Crippen LogP contribution is 2.22. The molecule has 0 aliphatic carbocycles. The normalized spacial score (nSPS) is 11.3. The molecule has 39 heavy (non-hydrogen) atoms. The summed E-state index contributed by atoms with van der Waals surface area (Å²) in [7, 11) is -2.64. The average molecular weight is 646 g/mol. The Morgan fingerprint density at radius 3 is 0.846 bits per heavy atom. The molecule has 0 spiro atoms. The monoisotopic (exact) mass is 644 g/mol. The van der Waals surface area contributed by atoms with E-state index in [0.717, 1.165) is 8.95 Å². The highest BCUT2D eigenvalue weighted by atomic mass is 79.9. The first kappa shape index (κ1) is 25.8. The lowest BCUT2D eigenvalue weighted by atomic mass is 10.1. The van der Waals surface area contributed by atoms with Crippen molar-refractivity contribution in [2.75, 3.05) is 0 Å². The van der Waals surface area contributed by atoms with Crippen LogP contribution in [0.1, 0.15) is 0 Å². The van der Waals surface area contributed by atoms with Gasteiger partial charge in [0.15, 0.2) is 8.07 Å². The summed E-state index contributed by atoms with van der Waals surface area (Å²) in [6.45, 7) is 0. The maximum atomic E-state index is 3.67. The lowest BCUT2D eigenvalue weighted by Crippen LogP contribution is -2.74. The molecule has 188 valence electrons. The van der Waals surface area contributed by atoms with Crippen molar-refractivity contribution in [3.05, 3.63) is 167 Å². The Morgan fingerprint density at radius 1 is 0.282 bits per heavy atom. The van der Waals surface area contributed by atoms with Gasteiger partial charge < -0.3 is 0 Å². The minimum Gasteiger partial charge on any atom is -0.0622 e. The van der Waals surface area contributed by atoms with Crippen LogP contribution in [0.25, 0.3) is 22.3 Å². The SMILES string of the molecule is Brc1ccc([Si](c2ccc(Br)cc2)(c2ccc(-c3ccccc3)cc2)c2ccc(-c3ccccc3)cc2)cc1. The van der Waals surface area contributed by atoms with Crippen LogP contribution in [0.5, 0.6) is 0 Å². The van der Waals surface area contributed by atoms with E-state index in [1.54, 1.807) is 0 Å². The summed E-state index contributed by atoms with van der Waals surface area (Å²) in [5, 5.41) is 5.43. The molecule has 0 fully saturated rings. The second kappa shape index (κ2) is 11.3. The first-order valence-electron chi connectivity index (χ1n) is 13.0. The predicted molar refractivity (Wildman–Crippen MR) is 176 cm³/mol. The summed E-state index contributed by atoms with van der Waals surface area (Å²) in [6.07, 6.45) is 0. The molecule has 0 heterocycles. The Kier molecular flexibility index (Phi) is 7.47. The van der Waals surface area contributed by atoms with E-state index in [4.69, 9.17) is 0 Å². The summed E-state index contributed by atoms with van der Waals surface area (Å²) in [4.78, 5) is 0. The minimum absolute atomic E-state index is 1.09. The fourth-order valence-corrected chi connectivity index (χ4v) is 10.7. The molecule has 0 amide bonds. The van der Waals surface area contributed by atoms with Crippen molar-refractivity contribution in [3.63, 3.8) is 0 Å². The number of rotatable bonds is 6. The Morgan fingerprint density at radius 2 is 0.538 bits per heavy atom. The predicted octanol–water partition coefficient (Wildman–Crippen LogP) is 7.92. The van der Waals surface area contributed by atoms with Crippen LogP contribution < -0.4 is 20.7 Å². The van der Waals surface area contributed by atoms with Crippen LogP contribution >= 0.6 is 31.9 Å². The van der Waals surface area contributed by atoms with Crippen molar-refractivity contribution >= 4 is 60.7 Å². The maximum absolute atomic E-state index is 3.67. The number of benzene rings is 6. The van der Waals surface area contributed by atoms with Gasteiger partial charge in [0.1, 0.15) is 0 Å². The molecule has 0 bridgehead atoms. The fraction of sp³-hybridized carbons (Fsp3) is 0. The quantitative estimate of drug-likeness (QED) is 0.128. The molecule has 0 saturated carbocycles. The van der Waals surface area contributed by atoms with Crippen LogP contribution in [0.2, 0.25) is 0 Å². The van der Waals surface area contributed by atoms with Crippen LogP contribution in [0.3, 0.4) is 0 Å². The minimum atomic E-state index is -2.64. The van der Waals surface area contributed by atoms with Gasteiger partial charge >= 0.3 is 0 Å². The molecule has 0 aromatic heterocycles. The molecule has 0 unspecified atom stereocenters. The topological polar surface area (TPSA) is 0 Å². The van der Waals surface area contributed by atoms with Gasteiger partial charge in [0.2, 0.25) is 0 Å². The third kappa shape index (κ3) is 5.10. The Bertz CT molecular complexity index is 1530. The van der Waals surface area contributed by atoms with E-state index in [1.165, 1.54) is 43.0 Å². The molecule has 6 rings (SSSR count). The molecular weight excluding hydrogens is 620 g/mol. The zero-order valence-corrected chi connectivity index (χ0v) is 25.4. The molecule has 6 aromatic rings. The largest absolute Gasteiger partial charge is 0.179 e. The molecule has 3 heteroatoms. The zero-order chi connectivity index (χ0) is 26.7. The van der Waals surface area contributed by atoms with Gasteiger partial charge in [0, 0.05) is 8.95 Å². The van der Waals surface area contributed by atoms with Gasteiger partial charge in [-0.05, 0) is 67.3 Å². The summed E-state index contributed by atoms with van der Waals surface area (Å²) >= 11 is 7.34. The smallest absolute Gasteiger partial charge is 0.0622 e. The third-order valence-corrected chi connectivity index (χ3v) is 13.3. The van der Waals surface area contributed by atoms with Crippen LogP contribution in [-0.4, -0.2) is 8.07 Å². The van der Waals surface area contributed by atoms with E-state index in [-0.39, 0.29) is 0 Å². The zero-order valence-electron chi connectivity index (χ0n) is 21.3. The lowest BCUT2D eigenvalue weighted by Gasteiger charge is -2.34. The van der Waals surface area contributed by atoms with E-state index in [0.29, 0.717) is 0 Å². The van der Waals surface area contributed by atoms with Crippen molar-refractivity contribution < 1.29 is 0 Å². The van der Waals surface area contributed by atoms with Crippen molar-refractivity contribution in [2.24, 2.45) is 0 Å². The molecule has 0 aliphatic heterocycles. The van der Waals surface area contributed by atoms with Crippen molar-refractivity contribution in [1.29, 1.82) is 0 Å². The standard InChI is InChI=1S/C36H26Br2Si/c37-31-15-23-35(24-16-31)39(36-25-17-32(38)18-26-36,33-19-11-29(12-20-33)27-7-3-1-4-8-27)34-21-13-30(14-22-34)28-9-5-2-6-10-28/h1-26H. The third-order valence-electron chi connectivity index (χ3n) is 7.40. The molecule has 0 radical (unpaired) electrons. The van der Waals surface area contributed by atoms with E-state index in [2.05, 4.69) is 190 Å². The van der Waals surface area contributed by atoms with Gasteiger partial charge in [-0.25, -0.2) is 0 Å². The number of hydrogen-bond acceptors (Lipinski definition) is 0. The summed E-state index contributed by atoms with van der Waals surface area (Å²) in [5.41, 5.74) is 4.92. The summed E-state index contributed by atoms with van der Waals surface area (Å²) in [5.74, 6) is 0. The van der Waals surface area contributed by atoms with E-state index < -0.39 is 8.07 Å². The molecule has 0 saturated heterocycles. The van der Waals surface area contributed by atoms with Gasteiger partial charge in [-0.3, -0.25) is 0 Å². The van der Waals surface area contributed by atoms with Crippen LogP contribution in [0.4, 0.5) is 0 Å². The summed E-state index contributed by atoms with van der Waals surface area (Å²) in [6, 6.07) is 57.6. The van der Waals surface area contributed by atoms with Gasteiger partial charge in [-0.2, -0.15) is 0 Å². The van der Waals surface area contributed by atoms with E-state index in [1.807, 2.05) is 0 Å². The van der Waals surface area contributed by atoms with Crippen molar-refractivity contribution in [2.45, 2.75) is 0 Å². The second-order valence-electron chi connectivity index (χ2n) is 9.65. The Balaban J connectivity index is 1.59. The van der Waals surface area contributed by atoms with Gasteiger partial charge in [0.25, 0.3) is 0 Å². The molecule has 0 aliphatic rings. The average Bonchev–Trinajstić information content (AvgIpc) is 3.01. The van der Waals surface area contributed by atoms with Crippen molar-refractivity contribution in [3.8, 4) is 22.3 Å². The molecule has 0 nitrogen and oxygen atoms in total. The fourth-order valence-electron chi connectivity index (χ4n) is 5.49. The van der Waals surface area contributed by atoms with Gasteiger partial charge in [-0.1, -0.05) is 165 Å². The highest BCUT2D eigenvalue weighted by Gasteiger charge is 2.41. The molecular formula is C36H26Br2Si. The van der Waals surface area contributed by atoms with Crippen LogP contribution in [0.15, 0.2) is 167 Å². The summed E-state index contributed by atoms with van der Waals surface area (Å²) < 4.78 is 2.17. The lowest BCUT2D eigenvalue weighted by molar-refractivity contribution is 1.60. The number of hydrogen-bond donors (Lipinski definition) is 0. The van der Waals surface area contributed by atoms with Gasteiger partial charge in [-0.15, -0.1) is 0 Å². The molecule has 6 aromatic carbocycles. The molecule has 0 atom stereocenters. The maximum Gasteiger partial charge on any atom is 0.179 e. The first-order chi connectivity index (χ1) is 19.1. The van der Waals surface area contributed by atoms with Crippen molar-refractivity contribution in [1.82, 2.24) is 0 Å². The number of halogens is 2. The van der Waals surface area contributed by atoms with E-state index in [9.17, 15) is 0 Å². The van der Waals surface area contributed by atoms with Crippen LogP contribution in [0, 0.1) is 0 Å². The Hall–Kier alpha value is -3.50. The van der Waals surface area contributed by atoms with Gasteiger partial charge in [0.05, 0.1) is 0 Å². The van der Waals surface area contributed by atoms with Crippen LogP contribution in [-0.2, 0) is 0 Å². The van der Waals surface area contributed by atoms with E-state index >= 15 is 0 Å². The molecule has 0 N–H and O–H groups in total. The first-order valence-corrected chi connectivity index (χ1v) is 16.6.